The van der Waals surface area contributed by atoms with Crippen LogP contribution in [0.5, 0.6) is 0 Å². The summed E-state index contributed by atoms with van der Waals surface area (Å²) in [5.41, 5.74) is 0. The number of hydrogen-bond donors (Lipinski definition) is 1. The monoisotopic (exact) mass is 142 g/mol. The molecule has 0 aliphatic heterocycles. The van der Waals surface area contributed by atoms with Crippen LogP contribution in [-0.2, 0) is 0 Å². The predicted molar refractivity (Wildman–Crippen MR) is 46.9 cm³/mol. The summed E-state index contributed by atoms with van der Waals surface area (Å²) in [6.45, 7) is 10.3. The average Bonchev–Trinajstić information content (AvgIpc) is 1.98. The zero-order chi connectivity index (χ0) is 7.82. The minimum absolute atomic E-state index is 0.862. The SMILES string of the molecule is [CH2]CNCCCC(C)CC. The lowest BCUT2D eigenvalue weighted by molar-refractivity contribution is 0.485. The first-order valence-corrected chi connectivity index (χ1v) is 4.31. The summed E-state index contributed by atoms with van der Waals surface area (Å²) < 4.78 is 0. The Kier molecular flexibility index (Phi) is 7.04. The Balaban J connectivity index is 2.89. The Morgan fingerprint density at radius 3 is 2.70 bits per heavy atom. The molecule has 1 atom stereocenters. The van der Waals surface area contributed by atoms with Crippen molar-refractivity contribution in [1.82, 2.24) is 5.32 Å². The highest BCUT2D eigenvalue weighted by Crippen LogP contribution is 2.07. The lowest BCUT2D eigenvalue weighted by Crippen LogP contribution is -2.14. The predicted octanol–water partition coefficient (Wildman–Crippen LogP) is 2.24. The first-order chi connectivity index (χ1) is 4.81. The molecule has 0 amide bonds. The third kappa shape index (κ3) is 6.09. The number of rotatable bonds is 6. The van der Waals surface area contributed by atoms with E-state index >= 15 is 0 Å². The van der Waals surface area contributed by atoms with Crippen LogP contribution in [-0.4, -0.2) is 13.1 Å². The van der Waals surface area contributed by atoms with E-state index in [9.17, 15) is 0 Å². The van der Waals surface area contributed by atoms with Crippen molar-refractivity contribution in [2.45, 2.75) is 33.1 Å². The van der Waals surface area contributed by atoms with Crippen molar-refractivity contribution in [1.29, 1.82) is 0 Å². The molecule has 0 aliphatic rings. The van der Waals surface area contributed by atoms with Gasteiger partial charge < -0.3 is 5.32 Å². The highest BCUT2D eigenvalue weighted by atomic mass is 14.8. The van der Waals surface area contributed by atoms with Crippen LogP contribution in [0.15, 0.2) is 0 Å². The minimum atomic E-state index is 0.862. The van der Waals surface area contributed by atoms with Crippen molar-refractivity contribution in [3.8, 4) is 0 Å². The molecule has 1 unspecified atom stereocenters. The van der Waals surface area contributed by atoms with Gasteiger partial charge in [-0.3, -0.25) is 0 Å². The summed E-state index contributed by atoms with van der Waals surface area (Å²) in [4.78, 5) is 0. The Bertz CT molecular complexity index is 61.7. The molecule has 0 aromatic rings. The minimum Gasteiger partial charge on any atom is -0.317 e. The summed E-state index contributed by atoms with van der Waals surface area (Å²) in [7, 11) is 0. The van der Waals surface area contributed by atoms with E-state index in [1.165, 1.54) is 19.3 Å². The lowest BCUT2D eigenvalue weighted by atomic mass is 10.0. The summed E-state index contributed by atoms with van der Waals surface area (Å²) in [5, 5.41) is 3.22. The van der Waals surface area contributed by atoms with Gasteiger partial charge in [-0.15, -0.1) is 0 Å². The summed E-state index contributed by atoms with van der Waals surface area (Å²) in [5.74, 6) is 0.895. The topological polar surface area (TPSA) is 12.0 Å². The van der Waals surface area contributed by atoms with E-state index in [-0.39, 0.29) is 0 Å². The molecule has 0 saturated heterocycles. The van der Waals surface area contributed by atoms with Gasteiger partial charge >= 0.3 is 0 Å². The zero-order valence-electron chi connectivity index (χ0n) is 7.32. The third-order valence-electron chi connectivity index (χ3n) is 1.92. The van der Waals surface area contributed by atoms with Gasteiger partial charge in [-0.05, 0) is 38.8 Å². The Morgan fingerprint density at radius 1 is 1.50 bits per heavy atom. The lowest BCUT2D eigenvalue weighted by Gasteiger charge is -2.07. The molecule has 61 valence electrons. The maximum absolute atomic E-state index is 3.71. The Hall–Kier alpha value is -0.0400. The van der Waals surface area contributed by atoms with Gasteiger partial charge in [0.05, 0.1) is 0 Å². The van der Waals surface area contributed by atoms with E-state index in [4.69, 9.17) is 0 Å². The van der Waals surface area contributed by atoms with E-state index < -0.39 is 0 Å². The molecule has 0 aromatic carbocycles. The summed E-state index contributed by atoms with van der Waals surface area (Å²) in [6.07, 6.45) is 3.96. The van der Waals surface area contributed by atoms with Gasteiger partial charge in [0.2, 0.25) is 0 Å². The molecule has 0 aliphatic carbocycles. The van der Waals surface area contributed by atoms with Crippen LogP contribution in [0.1, 0.15) is 33.1 Å². The van der Waals surface area contributed by atoms with Gasteiger partial charge in [-0.25, -0.2) is 0 Å². The van der Waals surface area contributed by atoms with E-state index in [0.29, 0.717) is 0 Å². The van der Waals surface area contributed by atoms with Crippen LogP contribution in [0.4, 0.5) is 0 Å². The highest BCUT2D eigenvalue weighted by Gasteiger charge is 1.96. The maximum Gasteiger partial charge on any atom is -0.00484 e. The molecule has 10 heavy (non-hydrogen) atoms. The molecule has 0 rings (SSSR count). The molecule has 1 heteroatoms. The third-order valence-corrected chi connectivity index (χ3v) is 1.92. The van der Waals surface area contributed by atoms with Crippen molar-refractivity contribution in [2.24, 2.45) is 5.92 Å². The second-order valence-corrected chi connectivity index (χ2v) is 2.91. The fourth-order valence-corrected chi connectivity index (χ4v) is 0.905. The Labute approximate surface area is 65.2 Å². The molecule has 0 spiro atoms. The molecule has 1 nitrogen and oxygen atoms in total. The normalized spacial score (nSPS) is 13.5. The van der Waals surface area contributed by atoms with Crippen molar-refractivity contribution in [3.63, 3.8) is 0 Å². The quantitative estimate of drug-likeness (QED) is 0.561. The molecule has 0 saturated carbocycles. The fourth-order valence-electron chi connectivity index (χ4n) is 0.905. The molecule has 0 aromatic heterocycles. The molecule has 0 fully saturated rings. The molecule has 0 heterocycles. The molecule has 1 radical (unpaired) electrons. The van der Waals surface area contributed by atoms with Crippen LogP contribution in [0.2, 0.25) is 0 Å². The zero-order valence-corrected chi connectivity index (χ0v) is 7.32. The van der Waals surface area contributed by atoms with Crippen molar-refractivity contribution < 1.29 is 0 Å². The van der Waals surface area contributed by atoms with Crippen molar-refractivity contribution in [3.05, 3.63) is 6.92 Å². The van der Waals surface area contributed by atoms with Gasteiger partial charge in [0.1, 0.15) is 0 Å². The largest absolute Gasteiger partial charge is 0.317 e. The maximum atomic E-state index is 3.71. The van der Waals surface area contributed by atoms with Crippen molar-refractivity contribution in [2.75, 3.05) is 13.1 Å². The van der Waals surface area contributed by atoms with Crippen LogP contribution in [0.3, 0.4) is 0 Å². The highest BCUT2D eigenvalue weighted by molar-refractivity contribution is 4.53. The van der Waals surface area contributed by atoms with Gasteiger partial charge in [-0.2, -0.15) is 0 Å². The smallest absolute Gasteiger partial charge is 0.00484 e. The standard InChI is InChI=1S/C9H20N/c1-4-9(3)7-6-8-10-5-2/h9-10H,2,4-8H2,1,3H3. The first kappa shape index (κ1) is 9.96. The second-order valence-electron chi connectivity index (χ2n) is 2.91. The van der Waals surface area contributed by atoms with Gasteiger partial charge in [0.25, 0.3) is 0 Å². The Morgan fingerprint density at radius 2 is 2.20 bits per heavy atom. The van der Waals surface area contributed by atoms with Gasteiger partial charge in [0.15, 0.2) is 0 Å². The van der Waals surface area contributed by atoms with Crippen molar-refractivity contribution >= 4 is 0 Å². The molecule has 0 bridgehead atoms. The van der Waals surface area contributed by atoms with Crippen LogP contribution in [0, 0.1) is 12.8 Å². The molecular formula is C9H20N. The summed E-state index contributed by atoms with van der Waals surface area (Å²) >= 11 is 0. The molecule has 1 N–H and O–H groups in total. The van der Waals surface area contributed by atoms with E-state index in [1.54, 1.807) is 0 Å². The fraction of sp³-hybridized carbons (Fsp3) is 0.889. The van der Waals surface area contributed by atoms with Gasteiger partial charge in [-0.1, -0.05) is 20.3 Å². The molecular weight excluding hydrogens is 122 g/mol. The number of hydrogen-bond acceptors (Lipinski definition) is 1. The average molecular weight is 142 g/mol. The summed E-state index contributed by atoms with van der Waals surface area (Å²) in [6, 6.07) is 0. The van der Waals surface area contributed by atoms with E-state index in [2.05, 4.69) is 26.1 Å². The van der Waals surface area contributed by atoms with Crippen LogP contribution < -0.4 is 5.32 Å². The van der Waals surface area contributed by atoms with E-state index in [0.717, 1.165) is 19.0 Å². The van der Waals surface area contributed by atoms with Crippen LogP contribution >= 0.6 is 0 Å². The first-order valence-electron chi connectivity index (χ1n) is 4.31. The van der Waals surface area contributed by atoms with Crippen LogP contribution in [0.25, 0.3) is 0 Å². The van der Waals surface area contributed by atoms with Gasteiger partial charge in [0, 0.05) is 0 Å². The van der Waals surface area contributed by atoms with E-state index in [1.807, 2.05) is 0 Å². The second kappa shape index (κ2) is 7.07. The number of nitrogens with one attached hydrogen (secondary N) is 1.